The number of amides is 1. The molecule has 0 atom stereocenters. The number of benzene rings is 2. The summed E-state index contributed by atoms with van der Waals surface area (Å²) in [7, 11) is 0. The number of carbonyl (C=O) groups is 1. The average molecular weight is 378 g/mol. The van der Waals surface area contributed by atoms with E-state index >= 15 is 0 Å². The van der Waals surface area contributed by atoms with E-state index in [0.717, 1.165) is 15.7 Å². The van der Waals surface area contributed by atoms with Gasteiger partial charge in [-0.3, -0.25) is 4.79 Å². The number of hydrogen-bond donors (Lipinski definition) is 1. The molecule has 2 aromatic heterocycles. The van der Waals surface area contributed by atoms with Gasteiger partial charge in [0.2, 0.25) is 5.91 Å². The van der Waals surface area contributed by atoms with Crippen LogP contribution in [0.5, 0.6) is 0 Å². The first-order chi connectivity index (χ1) is 11.6. The second-order valence-corrected chi connectivity index (χ2v) is 6.82. The molecule has 0 bridgehead atoms. The van der Waals surface area contributed by atoms with Crippen molar-refractivity contribution in [2.75, 3.05) is 5.32 Å². The van der Waals surface area contributed by atoms with Crippen LogP contribution in [-0.2, 0) is 11.3 Å². The van der Waals surface area contributed by atoms with Crippen molar-refractivity contribution < 1.29 is 4.79 Å². The number of thiazole rings is 1. The molecule has 4 rings (SSSR count). The molecular weight excluding hydrogens is 369 g/mol. The Morgan fingerprint density at radius 3 is 2.79 bits per heavy atom. The fourth-order valence-corrected chi connectivity index (χ4v) is 3.76. The summed E-state index contributed by atoms with van der Waals surface area (Å²) in [5, 5.41) is 12.3. The minimum atomic E-state index is -0.253. The number of nitrogens with zero attached hydrogens (tertiary/aromatic N) is 4. The van der Waals surface area contributed by atoms with Gasteiger partial charge in [-0.05, 0) is 24.3 Å². The number of rotatable bonds is 3. The Bertz CT molecular complexity index is 1040. The van der Waals surface area contributed by atoms with E-state index in [9.17, 15) is 4.79 Å². The molecule has 0 radical (unpaired) electrons. The molecule has 6 nitrogen and oxygen atoms in total. The van der Waals surface area contributed by atoms with Crippen molar-refractivity contribution in [2.24, 2.45) is 0 Å². The van der Waals surface area contributed by atoms with Crippen LogP contribution in [0.1, 0.15) is 0 Å². The molecule has 2 heterocycles. The maximum atomic E-state index is 12.3. The molecule has 0 unspecified atom stereocenters. The fourth-order valence-electron chi connectivity index (χ4n) is 2.33. The molecule has 120 valence electrons. The van der Waals surface area contributed by atoms with Gasteiger partial charge in [0.05, 0.1) is 20.3 Å². The average Bonchev–Trinajstić information content (AvgIpc) is 3.17. The Morgan fingerprint density at radius 1 is 1.17 bits per heavy atom. The molecule has 9 heteroatoms. The normalized spacial score (nSPS) is 11.2. The highest BCUT2D eigenvalue weighted by molar-refractivity contribution is 7.23. The smallest absolute Gasteiger partial charge is 0.247 e. The number of nitrogens with one attached hydrogen (secondary N) is 1. The molecule has 4 aromatic rings. The van der Waals surface area contributed by atoms with Gasteiger partial charge in [-0.25, -0.2) is 9.67 Å². The van der Waals surface area contributed by atoms with Crippen LogP contribution in [-0.4, -0.2) is 25.9 Å². The first-order valence-corrected chi connectivity index (χ1v) is 8.52. The van der Waals surface area contributed by atoms with Gasteiger partial charge < -0.3 is 5.32 Å². The molecule has 0 aliphatic carbocycles. The molecule has 1 N–H and O–H groups in total. The Kier molecular flexibility index (Phi) is 3.84. The largest absolute Gasteiger partial charge is 0.300 e. The van der Waals surface area contributed by atoms with Crippen molar-refractivity contribution >= 4 is 66.8 Å². The second-order valence-electron chi connectivity index (χ2n) is 5.01. The lowest BCUT2D eigenvalue weighted by atomic mass is 10.3. The van der Waals surface area contributed by atoms with E-state index in [4.69, 9.17) is 23.2 Å². The summed E-state index contributed by atoms with van der Waals surface area (Å²) >= 11 is 13.5. The number of aromatic nitrogens is 4. The lowest BCUT2D eigenvalue weighted by molar-refractivity contribution is -0.116. The van der Waals surface area contributed by atoms with E-state index in [1.165, 1.54) is 16.0 Å². The Balaban J connectivity index is 1.58. The van der Waals surface area contributed by atoms with Gasteiger partial charge in [0.1, 0.15) is 17.6 Å². The van der Waals surface area contributed by atoms with E-state index in [1.807, 2.05) is 24.3 Å². The highest BCUT2D eigenvalue weighted by Gasteiger charge is 2.14. The fraction of sp³-hybridized carbons (Fsp3) is 0.0667. The third-order valence-corrected chi connectivity index (χ3v) is 5.14. The van der Waals surface area contributed by atoms with Gasteiger partial charge in [-0.15, -0.1) is 5.10 Å². The number of anilines is 1. The SMILES string of the molecule is O=C(Cn1nnc2ccccc21)Nc1nc2c(Cl)ccc(Cl)c2s1. The van der Waals surface area contributed by atoms with Gasteiger partial charge in [0.15, 0.2) is 5.13 Å². The first kappa shape index (κ1) is 15.3. The first-order valence-electron chi connectivity index (χ1n) is 6.94. The molecule has 0 spiro atoms. The summed E-state index contributed by atoms with van der Waals surface area (Å²) < 4.78 is 2.28. The number of hydrogen-bond acceptors (Lipinski definition) is 5. The maximum absolute atomic E-state index is 12.3. The number of halogens is 2. The molecule has 1 amide bonds. The molecule has 0 aliphatic heterocycles. The summed E-state index contributed by atoms with van der Waals surface area (Å²) in [5.74, 6) is -0.253. The van der Waals surface area contributed by atoms with Crippen LogP contribution in [0.3, 0.4) is 0 Å². The van der Waals surface area contributed by atoms with Crippen molar-refractivity contribution in [2.45, 2.75) is 6.54 Å². The topological polar surface area (TPSA) is 72.7 Å². The molecule has 0 saturated heterocycles. The zero-order valence-electron chi connectivity index (χ0n) is 12.0. The van der Waals surface area contributed by atoms with E-state index in [2.05, 4.69) is 20.6 Å². The number of carbonyl (C=O) groups excluding carboxylic acids is 1. The third kappa shape index (κ3) is 2.71. The summed E-state index contributed by atoms with van der Waals surface area (Å²) in [6.45, 7) is 0.0396. The van der Waals surface area contributed by atoms with Crippen molar-refractivity contribution in [3.63, 3.8) is 0 Å². The second kappa shape index (κ2) is 6.01. The minimum Gasteiger partial charge on any atom is -0.300 e. The zero-order valence-corrected chi connectivity index (χ0v) is 14.4. The molecule has 2 aromatic carbocycles. The Morgan fingerprint density at radius 2 is 1.96 bits per heavy atom. The van der Waals surface area contributed by atoms with E-state index in [-0.39, 0.29) is 12.5 Å². The predicted octanol–water partition coefficient (Wildman–Crippen LogP) is 3.99. The van der Waals surface area contributed by atoms with Gasteiger partial charge in [-0.2, -0.15) is 0 Å². The third-order valence-electron chi connectivity index (χ3n) is 3.41. The summed E-state index contributed by atoms with van der Waals surface area (Å²) in [5.41, 5.74) is 2.11. The van der Waals surface area contributed by atoms with E-state index in [1.54, 1.807) is 12.1 Å². The quantitative estimate of drug-likeness (QED) is 0.585. The Labute approximate surface area is 150 Å². The number of para-hydroxylation sites is 1. The number of fused-ring (bicyclic) bond motifs is 2. The van der Waals surface area contributed by atoms with E-state index in [0.29, 0.717) is 20.7 Å². The van der Waals surface area contributed by atoms with Crippen LogP contribution in [0.2, 0.25) is 10.0 Å². The van der Waals surface area contributed by atoms with Gasteiger partial charge >= 0.3 is 0 Å². The van der Waals surface area contributed by atoms with Crippen LogP contribution in [0.25, 0.3) is 21.3 Å². The van der Waals surface area contributed by atoms with Crippen molar-refractivity contribution in [1.29, 1.82) is 0 Å². The molecule has 0 aliphatic rings. The molecular formula is C15H9Cl2N5OS. The van der Waals surface area contributed by atoms with E-state index < -0.39 is 0 Å². The monoisotopic (exact) mass is 377 g/mol. The summed E-state index contributed by atoms with van der Waals surface area (Å²) in [6, 6.07) is 10.8. The van der Waals surface area contributed by atoms with Crippen LogP contribution in [0.15, 0.2) is 36.4 Å². The Hall–Kier alpha value is -2.22. The summed E-state index contributed by atoms with van der Waals surface area (Å²) in [6.07, 6.45) is 0. The van der Waals surface area contributed by atoms with Crippen LogP contribution in [0, 0.1) is 0 Å². The highest BCUT2D eigenvalue weighted by Crippen LogP contribution is 2.35. The highest BCUT2D eigenvalue weighted by atomic mass is 35.5. The van der Waals surface area contributed by atoms with Gasteiger partial charge in [0, 0.05) is 0 Å². The minimum absolute atomic E-state index is 0.0396. The maximum Gasteiger partial charge on any atom is 0.247 e. The van der Waals surface area contributed by atoms with Gasteiger partial charge in [0.25, 0.3) is 0 Å². The molecule has 0 saturated carbocycles. The van der Waals surface area contributed by atoms with Crippen LogP contribution < -0.4 is 5.32 Å². The van der Waals surface area contributed by atoms with Crippen molar-refractivity contribution in [3.8, 4) is 0 Å². The van der Waals surface area contributed by atoms with Gasteiger partial charge in [-0.1, -0.05) is 51.9 Å². The van der Waals surface area contributed by atoms with Crippen molar-refractivity contribution in [3.05, 3.63) is 46.4 Å². The lowest BCUT2D eigenvalue weighted by Crippen LogP contribution is -2.19. The molecule has 0 fully saturated rings. The molecule has 24 heavy (non-hydrogen) atoms. The lowest BCUT2D eigenvalue weighted by Gasteiger charge is -2.02. The predicted molar refractivity (Wildman–Crippen MR) is 95.8 cm³/mol. The van der Waals surface area contributed by atoms with Crippen LogP contribution >= 0.6 is 34.5 Å². The zero-order chi connectivity index (χ0) is 16.7. The van der Waals surface area contributed by atoms with Crippen LogP contribution in [0.4, 0.5) is 5.13 Å². The van der Waals surface area contributed by atoms with Crippen molar-refractivity contribution in [1.82, 2.24) is 20.0 Å². The standard InChI is InChI=1S/C15H9Cl2N5OS/c16-8-5-6-9(17)14-13(8)19-15(24-14)18-12(23)7-22-11-4-2-1-3-10(11)20-21-22/h1-6H,7H2,(H,18,19,23). The summed E-state index contributed by atoms with van der Waals surface area (Å²) in [4.78, 5) is 16.6.